The molecule has 0 bridgehead atoms. The summed E-state index contributed by atoms with van der Waals surface area (Å²) in [4.78, 5) is 10.9. The van der Waals surface area contributed by atoms with Gasteiger partial charge in [-0.05, 0) is 29.7 Å². The third-order valence-electron chi connectivity index (χ3n) is 3.99. The molecule has 2 aromatic rings. The van der Waals surface area contributed by atoms with Gasteiger partial charge in [0.05, 0.1) is 4.92 Å². The number of hydrogen-bond donors (Lipinski definition) is 2. The second kappa shape index (κ2) is 5.44. The summed E-state index contributed by atoms with van der Waals surface area (Å²) in [6.07, 6.45) is 1.03. The number of nitro benzene ring substituents is 1. The van der Waals surface area contributed by atoms with Crippen molar-refractivity contribution in [3.05, 3.63) is 63.7 Å². The van der Waals surface area contributed by atoms with E-state index in [4.69, 9.17) is 0 Å². The first-order valence-electron chi connectivity index (χ1n) is 6.97. The first kappa shape index (κ1) is 13.4. The maximum atomic E-state index is 11.3. The molecule has 1 aliphatic rings. The minimum Gasteiger partial charge on any atom is -0.382 e. The molecule has 1 aliphatic carbocycles. The molecular formula is C16H17N3O2. The molecule has 5 heteroatoms. The monoisotopic (exact) mass is 283 g/mol. The standard InChI is InChI=1S/C16H17N3O2/c1-17-14-7-4-8-15(16(14)19(20)21)18-10-12-9-11-5-2-3-6-13(11)12/h2-8,12,17-18H,9-10H2,1H3. The maximum Gasteiger partial charge on any atom is 0.315 e. The first-order valence-corrected chi connectivity index (χ1v) is 6.97. The fourth-order valence-corrected chi connectivity index (χ4v) is 2.86. The Morgan fingerprint density at radius 1 is 1.19 bits per heavy atom. The predicted octanol–water partition coefficient (Wildman–Crippen LogP) is 3.39. The number of nitrogens with one attached hydrogen (secondary N) is 2. The van der Waals surface area contributed by atoms with Crippen LogP contribution in [0.5, 0.6) is 0 Å². The highest BCUT2D eigenvalue weighted by Crippen LogP contribution is 2.37. The molecule has 2 N–H and O–H groups in total. The van der Waals surface area contributed by atoms with Crippen molar-refractivity contribution >= 4 is 17.1 Å². The fraction of sp³-hybridized carbons (Fsp3) is 0.250. The number of anilines is 2. The SMILES string of the molecule is CNc1cccc(NCC2Cc3ccccc32)c1[N+](=O)[O-]. The van der Waals surface area contributed by atoms with Crippen molar-refractivity contribution in [2.75, 3.05) is 24.2 Å². The Labute approximate surface area is 123 Å². The minimum atomic E-state index is -0.344. The van der Waals surface area contributed by atoms with Crippen LogP contribution in [0.15, 0.2) is 42.5 Å². The number of para-hydroxylation sites is 1. The van der Waals surface area contributed by atoms with Gasteiger partial charge in [0.1, 0.15) is 11.4 Å². The highest BCUT2D eigenvalue weighted by Gasteiger charge is 2.26. The van der Waals surface area contributed by atoms with E-state index in [9.17, 15) is 10.1 Å². The van der Waals surface area contributed by atoms with Crippen molar-refractivity contribution in [2.45, 2.75) is 12.3 Å². The largest absolute Gasteiger partial charge is 0.382 e. The van der Waals surface area contributed by atoms with Crippen molar-refractivity contribution in [1.29, 1.82) is 0 Å². The molecule has 0 radical (unpaired) electrons. The Bertz CT molecular complexity index is 685. The Kier molecular flexibility index (Phi) is 3.48. The van der Waals surface area contributed by atoms with Crippen LogP contribution in [-0.4, -0.2) is 18.5 Å². The number of benzene rings is 2. The molecule has 0 spiro atoms. The Morgan fingerprint density at radius 3 is 2.67 bits per heavy atom. The van der Waals surface area contributed by atoms with Gasteiger partial charge in [-0.1, -0.05) is 30.3 Å². The Balaban J connectivity index is 1.76. The normalized spacial score (nSPS) is 15.8. The van der Waals surface area contributed by atoms with E-state index in [0.717, 1.165) is 6.42 Å². The summed E-state index contributed by atoms with van der Waals surface area (Å²) in [5, 5.41) is 17.4. The van der Waals surface area contributed by atoms with Crippen molar-refractivity contribution in [3.8, 4) is 0 Å². The molecule has 0 aliphatic heterocycles. The van der Waals surface area contributed by atoms with Crippen LogP contribution in [0.1, 0.15) is 17.0 Å². The molecule has 0 saturated carbocycles. The van der Waals surface area contributed by atoms with Crippen LogP contribution < -0.4 is 10.6 Å². The van der Waals surface area contributed by atoms with Gasteiger partial charge in [-0.25, -0.2) is 0 Å². The highest BCUT2D eigenvalue weighted by molar-refractivity contribution is 5.76. The molecule has 1 atom stereocenters. The van der Waals surface area contributed by atoms with Gasteiger partial charge >= 0.3 is 5.69 Å². The molecule has 0 amide bonds. The van der Waals surface area contributed by atoms with E-state index in [1.54, 1.807) is 19.2 Å². The van der Waals surface area contributed by atoms with E-state index in [0.29, 0.717) is 23.8 Å². The van der Waals surface area contributed by atoms with Crippen LogP contribution in [0.2, 0.25) is 0 Å². The summed E-state index contributed by atoms with van der Waals surface area (Å²) in [5.41, 5.74) is 3.92. The van der Waals surface area contributed by atoms with Gasteiger partial charge in [-0.2, -0.15) is 0 Å². The molecule has 5 nitrogen and oxygen atoms in total. The molecule has 1 unspecified atom stereocenters. The molecule has 0 heterocycles. The van der Waals surface area contributed by atoms with E-state index in [-0.39, 0.29) is 10.6 Å². The van der Waals surface area contributed by atoms with Crippen LogP contribution in [-0.2, 0) is 6.42 Å². The zero-order valence-electron chi connectivity index (χ0n) is 11.8. The van der Waals surface area contributed by atoms with Gasteiger partial charge < -0.3 is 10.6 Å². The lowest BCUT2D eigenvalue weighted by Gasteiger charge is -2.30. The molecular weight excluding hydrogens is 266 g/mol. The number of rotatable bonds is 5. The second-order valence-corrected chi connectivity index (χ2v) is 5.19. The number of fused-ring (bicyclic) bond motifs is 1. The molecule has 0 aromatic heterocycles. The molecule has 2 aromatic carbocycles. The van der Waals surface area contributed by atoms with Gasteiger partial charge in [-0.3, -0.25) is 10.1 Å². The Hall–Kier alpha value is -2.56. The van der Waals surface area contributed by atoms with Gasteiger partial charge in [-0.15, -0.1) is 0 Å². The average molecular weight is 283 g/mol. The summed E-state index contributed by atoms with van der Waals surface area (Å²) < 4.78 is 0. The van der Waals surface area contributed by atoms with Crippen LogP contribution in [0.4, 0.5) is 17.1 Å². The van der Waals surface area contributed by atoms with Crippen LogP contribution in [0.3, 0.4) is 0 Å². The minimum absolute atomic E-state index is 0.104. The molecule has 3 rings (SSSR count). The first-order chi connectivity index (χ1) is 10.2. The quantitative estimate of drug-likeness (QED) is 0.652. The van der Waals surface area contributed by atoms with Crippen LogP contribution >= 0.6 is 0 Å². The zero-order valence-corrected chi connectivity index (χ0v) is 11.8. The summed E-state index contributed by atoms with van der Waals surface area (Å²) in [5.74, 6) is 0.430. The topological polar surface area (TPSA) is 67.2 Å². The molecule has 21 heavy (non-hydrogen) atoms. The third-order valence-corrected chi connectivity index (χ3v) is 3.99. The third kappa shape index (κ3) is 2.42. The second-order valence-electron chi connectivity index (χ2n) is 5.19. The van der Waals surface area contributed by atoms with Crippen molar-refractivity contribution in [2.24, 2.45) is 0 Å². The van der Waals surface area contributed by atoms with Crippen molar-refractivity contribution in [1.82, 2.24) is 0 Å². The fourth-order valence-electron chi connectivity index (χ4n) is 2.86. The molecule has 108 valence electrons. The highest BCUT2D eigenvalue weighted by atomic mass is 16.6. The number of nitro groups is 1. The number of nitrogens with zero attached hydrogens (tertiary/aromatic N) is 1. The van der Waals surface area contributed by atoms with Gasteiger partial charge in [0.2, 0.25) is 0 Å². The lowest BCUT2D eigenvalue weighted by Crippen LogP contribution is -2.24. The van der Waals surface area contributed by atoms with E-state index in [1.807, 2.05) is 18.2 Å². The van der Waals surface area contributed by atoms with Crippen molar-refractivity contribution < 1.29 is 4.92 Å². The lowest BCUT2D eigenvalue weighted by atomic mass is 9.77. The predicted molar refractivity (Wildman–Crippen MR) is 84.0 cm³/mol. The van der Waals surface area contributed by atoms with Crippen molar-refractivity contribution in [3.63, 3.8) is 0 Å². The molecule has 0 saturated heterocycles. The van der Waals surface area contributed by atoms with Gasteiger partial charge in [0.25, 0.3) is 0 Å². The zero-order chi connectivity index (χ0) is 14.8. The Morgan fingerprint density at radius 2 is 1.95 bits per heavy atom. The van der Waals surface area contributed by atoms with Gasteiger partial charge in [0.15, 0.2) is 0 Å². The number of hydrogen-bond acceptors (Lipinski definition) is 4. The molecule has 0 fully saturated rings. The summed E-state index contributed by atoms with van der Waals surface area (Å²) in [6, 6.07) is 13.6. The van der Waals surface area contributed by atoms with E-state index in [2.05, 4.69) is 22.8 Å². The summed E-state index contributed by atoms with van der Waals surface area (Å²) >= 11 is 0. The van der Waals surface area contributed by atoms with Crippen LogP contribution in [0.25, 0.3) is 0 Å². The van der Waals surface area contributed by atoms with Crippen LogP contribution in [0, 0.1) is 10.1 Å². The average Bonchev–Trinajstić information content (AvgIpc) is 2.47. The maximum absolute atomic E-state index is 11.3. The van der Waals surface area contributed by atoms with Gasteiger partial charge in [0, 0.05) is 19.5 Å². The van der Waals surface area contributed by atoms with E-state index < -0.39 is 0 Å². The summed E-state index contributed by atoms with van der Waals surface area (Å²) in [6.45, 7) is 0.713. The smallest absolute Gasteiger partial charge is 0.315 e. The lowest BCUT2D eigenvalue weighted by molar-refractivity contribution is -0.383. The summed E-state index contributed by atoms with van der Waals surface area (Å²) in [7, 11) is 1.69. The van der Waals surface area contributed by atoms with E-state index in [1.165, 1.54) is 11.1 Å². The van der Waals surface area contributed by atoms with E-state index >= 15 is 0 Å².